The van der Waals surface area contributed by atoms with E-state index in [0.717, 1.165) is 0 Å². The van der Waals surface area contributed by atoms with E-state index in [-0.39, 0.29) is 29.9 Å². The summed E-state index contributed by atoms with van der Waals surface area (Å²) in [6.07, 6.45) is -0.404. The highest BCUT2D eigenvalue weighted by Crippen LogP contribution is 2.38. The summed E-state index contributed by atoms with van der Waals surface area (Å²) in [6, 6.07) is -0.235. The highest BCUT2D eigenvalue weighted by atomic mass is 32.2. The number of carbonyl (C=O) groups excluding carboxylic acids is 1. The van der Waals surface area contributed by atoms with Crippen LogP contribution in [0.25, 0.3) is 0 Å². The Kier molecular flexibility index (Phi) is 2.37. The van der Waals surface area contributed by atoms with Crippen LogP contribution in [0.15, 0.2) is 0 Å². The maximum Gasteiger partial charge on any atom is 0.254 e. The van der Waals surface area contributed by atoms with E-state index < -0.39 is 14.6 Å². The standard InChI is InChI=1S/C10H17NO4S/c1-6-8(15-6)9(12)11(4)7-5-16(13,14)10(7,2)3/h6-8H,5H2,1-4H3/t6-,7?,8+/m0/s1. The molecule has 5 nitrogen and oxygen atoms in total. The smallest absolute Gasteiger partial charge is 0.254 e. The lowest BCUT2D eigenvalue weighted by molar-refractivity contribution is -0.133. The predicted octanol–water partition coefficient (Wildman–Crippen LogP) is -0.192. The molecule has 0 bridgehead atoms. The normalized spacial score (nSPS) is 38.6. The molecular formula is C10H17NO4S. The molecule has 0 aromatic rings. The molecule has 0 radical (unpaired) electrons. The van der Waals surface area contributed by atoms with Crippen molar-refractivity contribution in [3.63, 3.8) is 0 Å². The number of likely N-dealkylation sites (N-methyl/N-ethyl adjacent to an activating group) is 1. The number of ether oxygens (including phenoxy) is 1. The fraction of sp³-hybridized carbons (Fsp3) is 0.900. The van der Waals surface area contributed by atoms with Gasteiger partial charge in [-0.25, -0.2) is 8.42 Å². The van der Waals surface area contributed by atoms with Crippen LogP contribution in [-0.4, -0.2) is 55.0 Å². The fourth-order valence-corrected chi connectivity index (χ4v) is 3.95. The van der Waals surface area contributed by atoms with Crippen molar-refractivity contribution in [3.05, 3.63) is 0 Å². The molecule has 1 amide bonds. The van der Waals surface area contributed by atoms with Crippen molar-refractivity contribution in [2.45, 2.75) is 43.8 Å². The molecule has 0 spiro atoms. The average Bonchev–Trinajstić information content (AvgIpc) is 2.90. The summed E-state index contributed by atoms with van der Waals surface area (Å²) in [5.41, 5.74) is 0. The van der Waals surface area contributed by atoms with E-state index in [0.29, 0.717) is 0 Å². The first kappa shape index (κ1) is 11.9. The molecule has 0 aliphatic carbocycles. The Morgan fingerprint density at radius 3 is 2.25 bits per heavy atom. The summed E-state index contributed by atoms with van der Waals surface area (Å²) in [6.45, 7) is 5.16. The van der Waals surface area contributed by atoms with Crippen molar-refractivity contribution >= 4 is 15.7 Å². The molecule has 92 valence electrons. The molecule has 0 N–H and O–H groups in total. The zero-order valence-corrected chi connectivity index (χ0v) is 10.7. The van der Waals surface area contributed by atoms with Crippen molar-refractivity contribution in [1.82, 2.24) is 4.90 Å². The number of epoxide rings is 1. The zero-order valence-electron chi connectivity index (χ0n) is 9.93. The SMILES string of the molecule is C[C@@H]1O[C@H]1C(=O)N(C)C1CS(=O)(=O)C1(C)C. The number of sulfone groups is 1. The second kappa shape index (κ2) is 3.20. The Morgan fingerprint density at radius 2 is 1.94 bits per heavy atom. The molecule has 3 atom stereocenters. The number of amides is 1. The van der Waals surface area contributed by atoms with Crippen LogP contribution in [-0.2, 0) is 19.4 Å². The van der Waals surface area contributed by atoms with Crippen LogP contribution in [0.2, 0.25) is 0 Å². The van der Waals surface area contributed by atoms with Crippen LogP contribution >= 0.6 is 0 Å². The highest BCUT2D eigenvalue weighted by molar-refractivity contribution is 7.94. The van der Waals surface area contributed by atoms with Gasteiger partial charge in [-0.3, -0.25) is 4.79 Å². The first-order valence-corrected chi connectivity index (χ1v) is 6.98. The Hall–Kier alpha value is -0.620. The second-order valence-corrected chi connectivity index (χ2v) is 7.73. The van der Waals surface area contributed by atoms with Crippen LogP contribution in [0.5, 0.6) is 0 Å². The quantitative estimate of drug-likeness (QED) is 0.634. The minimum atomic E-state index is -3.04. The second-order valence-electron chi connectivity index (χ2n) is 5.11. The van der Waals surface area contributed by atoms with Gasteiger partial charge in [0.25, 0.3) is 5.91 Å². The minimum Gasteiger partial charge on any atom is -0.359 e. The summed E-state index contributed by atoms with van der Waals surface area (Å²) in [5, 5.41) is 0. The van der Waals surface area contributed by atoms with Gasteiger partial charge >= 0.3 is 0 Å². The third-order valence-corrected chi connectivity index (χ3v) is 6.38. The van der Waals surface area contributed by atoms with Crippen LogP contribution in [0, 0.1) is 0 Å². The van der Waals surface area contributed by atoms with Crippen molar-refractivity contribution in [3.8, 4) is 0 Å². The molecule has 2 rings (SSSR count). The molecule has 2 aliphatic rings. The lowest BCUT2D eigenvalue weighted by Gasteiger charge is -2.47. The molecule has 0 saturated carbocycles. The van der Waals surface area contributed by atoms with Crippen LogP contribution in [0.1, 0.15) is 20.8 Å². The van der Waals surface area contributed by atoms with Gasteiger partial charge < -0.3 is 9.64 Å². The Morgan fingerprint density at radius 1 is 1.44 bits per heavy atom. The zero-order chi connectivity index (χ0) is 12.3. The van der Waals surface area contributed by atoms with Gasteiger partial charge in [0.15, 0.2) is 15.9 Å². The van der Waals surface area contributed by atoms with Crippen molar-refractivity contribution in [1.29, 1.82) is 0 Å². The van der Waals surface area contributed by atoms with E-state index in [2.05, 4.69) is 0 Å². The molecule has 1 unspecified atom stereocenters. The van der Waals surface area contributed by atoms with Gasteiger partial charge in [0.05, 0.1) is 22.6 Å². The van der Waals surface area contributed by atoms with E-state index in [1.807, 2.05) is 6.92 Å². The monoisotopic (exact) mass is 247 g/mol. The van der Waals surface area contributed by atoms with Gasteiger partial charge in [0.1, 0.15) is 0 Å². The van der Waals surface area contributed by atoms with Gasteiger partial charge in [0, 0.05) is 7.05 Å². The Labute approximate surface area is 95.7 Å². The number of hydrogen-bond acceptors (Lipinski definition) is 4. The van der Waals surface area contributed by atoms with E-state index in [1.165, 1.54) is 4.90 Å². The van der Waals surface area contributed by atoms with Gasteiger partial charge in [-0.15, -0.1) is 0 Å². The molecule has 0 aromatic carbocycles. The largest absolute Gasteiger partial charge is 0.359 e. The summed E-state index contributed by atoms with van der Waals surface area (Å²) >= 11 is 0. The third kappa shape index (κ3) is 1.47. The molecular weight excluding hydrogens is 230 g/mol. The number of hydrogen-bond donors (Lipinski definition) is 0. The van der Waals surface area contributed by atoms with Gasteiger partial charge in [-0.1, -0.05) is 0 Å². The van der Waals surface area contributed by atoms with E-state index >= 15 is 0 Å². The molecule has 2 aliphatic heterocycles. The predicted molar refractivity (Wildman–Crippen MR) is 58.8 cm³/mol. The first-order valence-electron chi connectivity index (χ1n) is 5.33. The van der Waals surface area contributed by atoms with Crippen LogP contribution in [0.3, 0.4) is 0 Å². The van der Waals surface area contributed by atoms with Crippen molar-refractivity contribution in [2.75, 3.05) is 12.8 Å². The average molecular weight is 247 g/mol. The summed E-state index contributed by atoms with van der Waals surface area (Å²) in [5.74, 6) is -0.0518. The lowest BCUT2D eigenvalue weighted by atomic mass is 10.0. The number of carbonyl (C=O) groups is 1. The molecule has 6 heteroatoms. The molecule has 2 heterocycles. The molecule has 16 heavy (non-hydrogen) atoms. The van der Waals surface area contributed by atoms with Crippen molar-refractivity contribution < 1.29 is 17.9 Å². The van der Waals surface area contributed by atoms with Crippen LogP contribution in [0.4, 0.5) is 0 Å². The highest BCUT2D eigenvalue weighted by Gasteiger charge is 2.57. The Balaban J connectivity index is 2.08. The molecule has 0 aromatic heterocycles. The van der Waals surface area contributed by atoms with Gasteiger partial charge in [-0.2, -0.15) is 0 Å². The van der Waals surface area contributed by atoms with Gasteiger partial charge in [0.2, 0.25) is 0 Å². The number of rotatable bonds is 2. The topological polar surface area (TPSA) is 67.0 Å². The van der Waals surface area contributed by atoms with Gasteiger partial charge in [-0.05, 0) is 20.8 Å². The Bertz CT molecular complexity index is 428. The first-order chi connectivity index (χ1) is 7.18. The summed E-state index contributed by atoms with van der Waals surface area (Å²) in [7, 11) is -1.39. The maximum atomic E-state index is 11.9. The maximum absolute atomic E-state index is 11.9. The van der Waals surface area contributed by atoms with Crippen LogP contribution < -0.4 is 0 Å². The van der Waals surface area contributed by atoms with E-state index in [4.69, 9.17) is 4.74 Å². The van der Waals surface area contributed by atoms with E-state index in [1.54, 1.807) is 20.9 Å². The minimum absolute atomic E-state index is 0.0326. The molecule has 2 fully saturated rings. The van der Waals surface area contributed by atoms with Crippen molar-refractivity contribution in [2.24, 2.45) is 0 Å². The third-order valence-electron chi connectivity index (χ3n) is 3.75. The molecule has 2 saturated heterocycles. The number of nitrogens with zero attached hydrogens (tertiary/aromatic N) is 1. The fourth-order valence-electron chi connectivity index (χ4n) is 2.11. The summed E-state index contributed by atoms with van der Waals surface area (Å²) < 4.78 is 27.4. The van der Waals surface area contributed by atoms with E-state index in [9.17, 15) is 13.2 Å². The lowest BCUT2D eigenvalue weighted by Crippen LogP contribution is -2.67. The summed E-state index contributed by atoms with van der Waals surface area (Å²) in [4.78, 5) is 13.4.